The van der Waals surface area contributed by atoms with Crippen LogP contribution in [-0.2, 0) is 14.4 Å². The molecule has 1 rings (SSSR count). The van der Waals surface area contributed by atoms with E-state index in [1.165, 1.54) is 6.92 Å². The van der Waals surface area contributed by atoms with Gasteiger partial charge in [0.15, 0.2) is 0 Å². The van der Waals surface area contributed by atoms with Crippen LogP contribution in [-0.4, -0.2) is 53.0 Å². The molecular formula is C9H13N3O5. The molecule has 8 heteroatoms. The number of carboxylic acids is 1. The molecule has 17 heavy (non-hydrogen) atoms. The third-order valence-corrected chi connectivity index (χ3v) is 2.09. The van der Waals surface area contributed by atoms with Gasteiger partial charge in [-0.15, -0.1) is 0 Å². The van der Waals surface area contributed by atoms with Crippen LogP contribution < -0.4 is 10.6 Å². The first-order valence-electron chi connectivity index (χ1n) is 4.98. The average molecular weight is 243 g/mol. The van der Waals surface area contributed by atoms with Crippen molar-refractivity contribution in [2.45, 2.75) is 19.4 Å². The van der Waals surface area contributed by atoms with Crippen LogP contribution in [0.25, 0.3) is 0 Å². The highest BCUT2D eigenvalue weighted by atomic mass is 16.4. The molecule has 0 aromatic heterocycles. The molecule has 1 aliphatic rings. The highest BCUT2D eigenvalue weighted by Crippen LogP contribution is 1.98. The van der Waals surface area contributed by atoms with Gasteiger partial charge in [0, 0.05) is 6.04 Å². The molecule has 0 aromatic rings. The summed E-state index contributed by atoms with van der Waals surface area (Å²) in [6, 6.07) is -1.19. The van der Waals surface area contributed by atoms with Crippen LogP contribution in [0.1, 0.15) is 13.3 Å². The van der Waals surface area contributed by atoms with Crippen LogP contribution in [0.3, 0.4) is 0 Å². The largest absolute Gasteiger partial charge is 0.481 e. The summed E-state index contributed by atoms with van der Waals surface area (Å²) in [4.78, 5) is 45.0. The molecule has 8 nitrogen and oxygen atoms in total. The maximum absolute atomic E-state index is 11.6. The molecule has 1 unspecified atom stereocenters. The second kappa shape index (κ2) is 5.28. The molecule has 1 heterocycles. The molecule has 1 fully saturated rings. The molecule has 3 N–H and O–H groups in total. The van der Waals surface area contributed by atoms with Gasteiger partial charge in [0.05, 0.1) is 6.42 Å². The van der Waals surface area contributed by atoms with Gasteiger partial charge in [-0.3, -0.25) is 19.7 Å². The third kappa shape index (κ3) is 4.09. The van der Waals surface area contributed by atoms with E-state index < -0.39 is 29.9 Å². The lowest BCUT2D eigenvalue weighted by Gasteiger charge is -2.26. The van der Waals surface area contributed by atoms with E-state index in [1.807, 2.05) is 0 Å². The number of urea groups is 1. The zero-order valence-electron chi connectivity index (χ0n) is 9.23. The van der Waals surface area contributed by atoms with Crippen molar-refractivity contribution < 1.29 is 24.3 Å². The quantitative estimate of drug-likeness (QED) is 0.523. The second-order valence-corrected chi connectivity index (χ2v) is 3.78. The second-order valence-electron chi connectivity index (χ2n) is 3.78. The van der Waals surface area contributed by atoms with E-state index in [0.29, 0.717) is 0 Å². The Morgan fingerprint density at radius 1 is 1.41 bits per heavy atom. The maximum atomic E-state index is 11.6. The molecule has 0 spiro atoms. The number of piperazine rings is 1. The van der Waals surface area contributed by atoms with Crippen molar-refractivity contribution >= 4 is 23.8 Å². The Morgan fingerprint density at radius 2 is 1.94 bits per heavy atom. The lowest BCUT2D eigenvalue weighted by molar-refractivity contribution is -0.138. The molecule has 0 bridgehead atoms. The molecule has 4 amide bonds. The van der Waals surface area contributed by atoms with Crippen LogP contribution in [0.4, 0.5) is 4.79 Å². The third-order valence-electron chi connectivity index (χ3n) is 2.09. The van der Waals surface area contributed by atoms with Gasteiger partial charge in [-0.2, -0.15) is 0 Å². The number of nitrogens with one attached hydrogen (secondary N) is 2. The SMILES string of the molecule is CC(CC(=O)O)NC(=O)N1CC(=O)NC(=O)C1. The van der Waals surface area contributed by atoms with Crippen molar-refractivity contribution in [3.05, 3.63) is 0 Å². The van der Waals surface area contributed by atoms with Crippen molar-refractivity contribution in [1.82, 2.24) is 15.5 Å². The number of nitrogens with zero attached hydrogens (tertiary/aromatic N) is 1. The molecule has 0 radical (unpaired) electrons. The zero-order chi connectivity index (χ0) is 13.0. The van der Waals surface area contributed by atoms with Crippen LogP contribution in [0.15, 0.2) is 0 Å². The van der Waals surface area contributed by atoms with Gasteiger partial charge >= 0.3 is 12.0 Å². The normalized spacial score (nSPS) is 17.4. The monoisotopic (exact) mass is 243 g/mol. The number of aliphatic carboxylic acids is 1. The summed E-state index contributed by atoms with van der Waals surface area (Å²) in [5, 5.41) is 13.0. The van der Waals surface area contributed by atoms with Crippen molar-refractivity contribution in [2.24, 2.45) is 0 Å². The fraction of sp³-hybridized carbons (Fsp3) is 0.556. The number of carboxylic acid groups (broad SMARTS) is 1. The van der Waals surface area contributed by atoms with E-state index in [2.05, 4.69) is 10.6 Å². The Balaban J connectivity index is 2.49. The molecule has 1 saturated heterocycles. The first-order valence-corrected chi connectivity index (χ1v) is 4.98. The van der Waals surface area contributed by atoms with Gasteiger partial charge in [0.2, 0.25) is 11.8 Å². The van der Waals surface area contributed by atoms with E-state index in [-0.39, 0.29) is 19.5 Å². The predicted molar refractivity (Wildman–Crippen MR) is 55.0 cm³/mol. The van der Waals surface area contributed by atoms with Crippen LogP contribution in [0.2, 0.25) is 0 Å². The van der Waals surface area contributed by atoms with E-state index in [4.69, 9.17) is 5.11 Å². The molecular weight excluding hydrogens is 230 g/mol. The fourth-order valence-electron chi connectivity index (χ4n) is 1.40. The van der Waals surface area contributed by atoms with Gasteiger partial charge in [0.1, 0.15) is 13.1 Å². The number of carbonyl (C=O) groups is 4. The highest BCUT2D eigenvalue weighted by molar-refractivity contribution is 6.02. The first-order chi connectivity index (χ1) is 7.88. The minimum atomic E-state index is -1.04. The fourth-order valence-corrected chi connectivity index (χ4v) is 1.40. The van der Waals surface area contributed by atoms with Crippen LogP contribution in [0.5, 0.6) is 0 Å². The Kier molecular flexibility index (Phi) is 4.02. The van der Waals surface area contributed by atoms with Gasteiger partial charge in [0.25, 0.3) is 0 Å². The number of hydrogen-bond acceptors (Lipinski definition) is 4. The lowest BCUT2D eigenvalue weighted by Crippen LogP contribution is -2.56. The minimum absolute atomic E-state index is 0.211. The Hall–Kier alpha value is -2.12. The van der Waals surface area contributed by atoms with Crippen molar-refractivity contribution in [1.29, 1.82) is 0 Å². The summed E-state index contributed by atoms with van der Waals surface area (Å²) in [6.07, 6.45) is -0.222. The topological polar surface area (TPSA) is 116 Å². The van der Waals surface area contributed by atoms with Crippen LogP contribution >= 0.6 is 0 Å². The van der Waals surface area contributed by atoms with Gasteiger partial charge < -0.3 is 15.3 Å². The van der Waals surface area contributed by atoms with Crippen molar-refractivity contribution in [2.75, 3.05) is 13.1 Å². The van der Waals surface area contributed by atoms with E-state index in [0.717, 1.165) is 4.90 Å². The lowest BCUT2D eigenvalue weighted by atomic mass is 10.2. The van der Waals surface area contributed by atoms with Crippen molar-refractivity contribution in [3.8, 4) is 0 Å². The summed E-state index contributed by atoms with van der Waals surface area (Å²) >= 11 is 0. The molecule has 1 atom stereocenters. The van der Waals surface area contributed by atoms with Gasteiger partial charge in [-0.05, 0) is 6.92 Å². The Morgan fingerprint density at radius 3 is 2.41 bits per heavy atom. The average Bonchev–Trinajstić information content (AvgIpc) is 2.14. The number of rotatable bonds is 3. The summed E-state index contributed by atoms with van der Waals surface area (Å²) in [7, 11) is 0. The molecule has 1 aliphatic heterocycles. The first kappa shape index (κ1) is 12.9. The number of imide groups is 1. The van der Waals surface area contributed by atoms with E-state index >= 15 is 0 Å². The summed E-state index contributed by atoms with van der Waals surface area (Å²) in [5.41, 5.74) is 0. The molecule has 0 saturated carbocycles. The highest BCUT2D eigenvalue weighted by Gasteiger charge is 2.27. The van der Waals surface area contributed by atoms with Crippen LogP contribution in [0, 0.1) is 0 Å². The molecule has 0 aliphatic carbocycles. The zero-order valence-corrected chi connectivity index (χ0v) is 9.23. The molecule has 0 aromatic carbocycles. The van der Waals surface area contributed by atoms with E-state index in [1.54, 1.807) is 0 Å². The number of hydrogen-bond donors (Lipinski definition) is 3. The standard InChI is InChI=1S/C9H13N3O5/c1-5(2-8(15)16)10-9(17)12-3-6(13)11-7(14)4-12/h5H,2-4H2,1H3,(H,10,17)(H,15,16)(H,11,13,14). The maximum Gasteiger partial charge on any atom is 0.318 e. The van der Waals surface area contributed by atoms with Crippen molar-refractivity contribution in [3.63, 3.8) is 0 Å². The summed E-state index contributed by atoms with van der Waals surface area (Å²) in [5.74, 6) is -2.14. The minimum Gasteiger partial charge on any atom is -0.481 e. The van der Waals surface area contributed by atoms with E-state index in [9.17, 15) is 19.2 Å². The smallest absolute Gasteiger partial charge is 0.318 e. The number of carbonyl (C=O) groups excluding carboxylic acids is 3. The Labute approximate surface area is 97.0 Å². The summed E-state index contributed by atoms with van der Waals surface area (Å²) in [6.45, 7) is 1.10. The van der Waals surface area contributed by atoms with Gasteiger partial charge in [-0.1, -0.05) is 0 Å². The summed E-state index contributed by atoms with van der Waals surface area (Å²) < 4.78 is 0. The number of amides is 4. The van der Waals surface area contributed by atoms with Gasteiger partial charge in [-0.25, -0.2) is 4.79 Å². The predicted octanol–water partition coefficient (Wildman–Crippen LogP) is -1.48. The Bertz CT molecular complexity index is 352. The molecule has 94 valence electrons.